The molecular weight excluding hydrogens is 284 g/mol. The van der Waals surface area contributed by atoms with Crippen molar-refractivity contribution in [3.8, 4) is 0 Å². The van der Waals surface area contributed by atoms with Crippen molar-refractivity contribution < 1.29 is 9.72 Å². The average molecular weight is 300 g/mol. The number of carbonyl (C=O) groups is 1. The second kappa shape index (κ2) is 6.66. The summed E-state index contributed by atoms with van der Waals surface area (Å²) in [4.78, 5) is 26.3. The molecule has 7 nitrogen and oxygen atoms in total. The Hall–Kier alpha value is -2.96. The van der Waals surface area contributed by atoms with E-state index >= 15 is 0 Å². The SMILES string of the molecule is Cc1cc(NC(C)C(=O)Nc2ccccc2)ncc1[N+](=O)[O-]. The molecular formula is C15H16N4O3. The third-order valence-corrected chi connectivity index (χ3v) is 3.08. The van der Waals surface area contributed by atoms with Gasteiger partial charge in [-0.3, -0.25) is 14.9 Å². The second-order valence-corrected chi connectivity index (χ2v) is 4.83. The van der Waals surface area contributed by atoms with Crippen LogP contribution in [0.25, 0.3) is 0 Å². The van der Waals surface area contributed by atoms with Crippen LogP contribution in [0.3, 0.4) is 0 Å². The number of aryl methyl sites for hydroxylation is 1. The lowest BCUT2D eigenvalue weighted by molar-refractivity contribution is -0.385. The van der Waals surface area contributed by atoms with Crippen molar-refractivity contribution in [2.45, 2.75) is 19.9 Å². The number of para-hydroxylation sites is 1. The van der Waals surface area contributed by atoms with Gasteiger partial charge in [-0.2, -0.15) is 0 Å². The molecule has 0 radical (unpaired) electrons. The van der Waals surface area contributed by atoms with Crippen LogP contribution in [0.4, 0.5) is 17.2 Å². The zero-order chi connectivity index (χ0) is 16.1. The monoisotopic (exact) mass is 300 g/mol. The molecule has 1 heterocycles. The zero-order valence-electron chi connectivity index (χ0n) is 12.2. The van der Waals surface area contributed by atoms with Crippen LogP contribution in [0.2, 0.25) is 0 Å². The van der Waals surface area contributed by atoms with Gasteiger partial charge in [-0.25, -0.2) is 4.98 Å². The maximum absolute atomic E-state index is 12.1. The number of benzene rings is 1. The van der Waals surface area contributed by atoms with Crippen molar-refractivity contribution in [3.05, 3.63) is 58.3 Å². The van der Waals surface area contributed by atoms with Gasteiger partial charge >= 0.3 is 0 Å². The minimum atomic E-state index is -0.534. The Bertz CT molecular complexity index is 688. The molecule has 2 aromatic rings. The number of pyridine rings is 1. The summed E-state index contributed by atoms with van der Waals surface area (Å²) in [6.07, 6.45) is 1.18. The van der Waals surface area contributed by atoms with Crippen molar-refractivity contribution in [1.29, 1.82) is 0 Å². The number of carbonyl (C=O) groups excluding carboxylic acids is 1. The number of aromatic nitrogens is 1. The summed E-state index contributed by atoms with van der Waals surface area (Å²) in [5.41, 5.74) is 1.14. The molecule has 0 aliphatic heterocycles. The number of nitrogens with one attached hydrogen (secondary N) is 2. The summed E-state index contributed by atoms with van der Waals surface area (Å²) >= 11 is 0. The molecule has 1 unspecified atom stereocenters. The van der Waals surface area contributed by atoms with Gasteiger partial charge in [-0.05, 0) is 32.0 Å². The molecule has 0 aliphatic carbocycles. The first kappa shape index (κ1) is 15.4. The molecule has 0 saturated carbocycles. The summed E-state index contributed by atoms with van der Waals surface area (Å²) in [6.45, 7) is 3.32. The third-order valence-electron chi connectivity index (χ3n) is 3.08. The van der Waals surface area contributed by atoms with Crippen LogP contribution in [-0.4, -0.2) is 21.9 Å². The molecule has 0 spiro atoms. The first-order valence-corrected chi connectivity index (χ1v) is 6.71. The maximum Gasteiger partial charge on any atom is 0.290 e. The van der Waals surface area contributed by atoms with Crippen molar-refractivity contribution in [3.63, 3.8) is 0 Å². The highest BCUT2D eigenvalue weighted by Crippen LogP contribution is 2.19. The highest BCUT2D eigenvalue weighted by Gasteiger charge is 2.16. The molecule has 7 heteroatoms. The summed E-state index contributed by atoms with van der Waals surface area (Å²) in [6, 6.07) is 10.1. The minimum Gasteiger partial charge on any atom is -0.359 e. The summed E-state index contributed by atoms with van der Waals surface area (Å²) in [7, 11) is 0. The van der Waals surface area contributed by atoms with E-state index < -0.39 is 11.0 Å². The van der Waals surface area contributed by atoms with Crippen LogP contribution in [0.1, 0.15) is 12.5 Å². The summed E-state index contributed by atoms with van der Waals surface area (Å²) in [5, 5.41) is 16.4. The minimum absolute atomic E-state index is 0.0491. The third kappa shape index (κ3) is 3.78. The predicted molar refractivity (Wildman–Crippen MR) is 83.8 cm³/mol. The Morgan fingerprint density at radius 3 is 2.59 bits per heavy atom. The summed E-state index contributed by atoms with van der Waals surface area (Å²) in [5.74, 6) is 0.197. The molecule has 114 valence electrons. The standard InChI is InChI=1S/C15H16N4O3/c1-10-8-14(16-9-13(10)19(21)22)17-11(2)15(20)18-12-6-4-3-5-7-12/h3-9,11H,1-2H3,(H,16,17)(H,18,20). The lowest BCUT2D eigenvalue weighted by atomic mass is 10.2. The topological polar surface area (TPSA) is 97.2 Å². The Morgan fingerprint density at radius 1 is 1.32 bits per heavy atom. The number of amides is 1. The van der Waals surface area contributed by atoms with Gasteiger partial charge in [0.15, 0.2) is 0 Å². The smallest absolute Gasteiger partial charge is 0.290 e. The van der Waals surface area contributed by atoms with E-state index in [4.69, 9.17) is 0 Å². The van der Waals surface area contributed by atoms with Crippen LogP contribution in [0.5, 0.6) is 0 Å². The predicted octanol–water partition coefficient (Wildman–Crippen LogP) is 2.74. The van der Waals surface area contributed by atoms with Gasteiger partial charge in [0.2, 0.25) is 5.91 Å². The van der Waals surface area contributed by atoms with E-state index in [1.165, 1.54) is 6.20 Å². The first-order valence-electron chi connectivity index (χ1n) is 6.71. The Morgan fingerprint density at radius 2 is 2.00 bits per heavy atom. The number of hydrogen-bond donors (Lipinski definition) is 2. The van der Waals surface area contributed by atoms with Crippen molar-refractivity contribution in [1.82, 2.24) is 4.98 Å². The van der Waals surface area contributed by atoms with E-state index in [0.29, 0.717) is 17.1 Å². The average Bonchev–Trinajstić information content (AvgIpc) is 2.47. The van der Waals surface area contributed by atoms with E-state index in [1.54, 1.807) is 32.0 Å². The fourth-order valence-corrected chi connectivity index (χ4v) is 1.88. The summed E-state index contributed by atoms with van der Waals surface area (Å²) < 4.78 is 0. The van der Waals surface area contributed by atoms with Crippen molar-refractivity contribution in [2.75, 3.05) is 10.6 Å². The highest BCUT2D eigenvalue weighted by atomic mass is 16.6. The van der Waals surface area contributed by atoms with E-state index in [1.807, 2.05) is 18.2 Å². The zero-order valence-corrected chi connectivity index (χ0v) is 12.2. The number of rotatable bonds is 5. The van der Waals surface area contributed by atoms with Crippen LogP contribution in [0, 0.1) is 17.0 Å². The van der Waals surface area contributed by atoms with Crippen LogP contribution in [-0.2, 0) is 4.79 Å². The molecule has 1 atom stereocenters. The number of nitrogens with zero attached hydrogens (tertiary/aromatic N) is 2. The van der Waals surface area contributed by atoms with Gasteiger partial charge < -0.3 is 10.6 Å². The Balaban J connectivity index is 2.02. The molecule has 1 aromatic carbocycles. The van der Waals surface area contributed by atoms with Gasteiger partial charge in [-0.1, -0.05) is 18.2 Å². The van der Waals surface area contributed by atoms with E-state index in [0.717, 1.165) is 0 Å². The van der Waals surface area contributed by atoms with E-state index in [2.05, 4.69) is 15.6 Å². The fourth-order valence-electron chi connectivity index (χ4n) is 1.88. The quantitative estimate of drug-likeness (QED) is 0.653. The van der Waals surface area contributed by atoms with Gasteiger partial charge in [0.25, 0.3) is 5.69 Å². The van der Waals surface area contributed by atoms with Gasteiger partial charge in [0.05, 0.1) is 4.92 Å². The molecule has 22 heavy (non-hydrogen) atoms. The molecule has 1 aromatic heterocycles. The second-order valence-electron chi connectivity index (χ2n) is 4.83. The molecule has 1 amide bonds. The van der Waals surface area contributed by atoms with Crippen LogP contribution >= 0.6 is 0 Å². The Labute approximate surface area is 127 Å². The number of hydrogen-bond acceptors (Lipinski definition) is 5. The molecule has 0 saturated heterocycles. The van der Waals surface area contributed by atoms with Crippen LogP contribution in [0.15, 0.2) is 42.6 Å². The fraction of sp³-hybridized carbons (Fsp3) is 0.200. The van der Waals surface area contributed by atoms with Gasteiger partial charge in [0.1, 0.15) is 18.1 Å². The largest absolute Gasteiger partial charge is 0.359 e. The number of nitro groups is 1. The lowest BCUT2D eigenvalue weighted by Crippen LogP contribution is -2.32. The van der Waals surface area contributed by atoms with E-state index in [9.17, 15) is 14.9 Å². The molecule has 0 aliphatic rings. The Kier molecular flexibility index (Phi) is 4.67. The highest BCUT2D eigenvalue weighted by molar-refractivity contribution is 5.96. The normalized spacial score (nSPS) is 11.5. The number of anilines is 2. The lowest BCUT2D eigenvalue weighted by Gasteiger charge is -2.14. The van der Waals surface area contributed by atoms with Crippen molar-refractivity contribution >= 4 is 23.1 Å². The molecule has 2 rings (SSSR count). The van der Waals surface area contributed by atoms with Crippen LogP contribution < -0.4 is 10.6 Å². The maximum atomic E-state index is 12.1. The molecule has 0 fully saturated rings. The van der Waals surface area contributed by atoms with Gasteiger partial charge in [0, 0.05) is 11.3 Å². The van der Waals surface area contributed by atoms with E-state index in [-0.39, 0.29) is 11.6 Å². The van der Waals surface area contributed by atoms with Gasteiger partial charge in [-0.15, -0.1) is 0 Å². The molecule has 0 bridgehead atoms. The molecule has 2 N–H and O–H groups in total. The van der Waals surface area contributed by atoms with Crippen molar-refractivity contribution in [2.24, 2.45) is 0 Å². The first-order chi connectivity index (χ1) is 10.5.